The van der Waals surface area contributed by atoms with Gasteiger partial charge in [0.15, 0.2) is 0 Å². The molecule has 0 saturated heterocycles. The highest BCUT2D eigenvalue weighted by Crippen LogP contribution is 2.20. The number of aliphatic hydroxyl groups excluding tert-OH is 4. The number of cyclic esters (lactones) is 1. The number of hydrogen-bond donors (Lipinski definition) is 4. The minimum absolute atomic E-state index is 0.00949. The number of carbonyl (C=O) groups excluding carboxylic acids is 2. The first-order valence-electron chi connectivity index (χ1n) is 16.0. The molecule has 4 N–H and O–H groups in total. The van der Waals surface area contributed by atoms with Crippen LogP contribution in [0.2, 0.25) is 0 Å². The van der Waals surface area contributed by atoms with Gasteiger partial charge >= 0.3 is 11.9 Å². The third kappa shape index (κ3) is 20.4. The van der Waals surface area contributed by atoms with Gasteiger partial charge in [0.25, 0.3) is 0 Å². The first-order valence-corrected chi connectivity index (χ1v) is 16.0. The molecule has 1 aliphatic rings. The number of esters is 2. The Hall–Kier alpha value is -1.48. The van der Waals surface area contributed by atoms with Crippen molar-refractivity contribution < 1.29 is 39.5 Å². The zero-order valence-electron chi connectivity index (χ0n) is 25.2. The van der Waals surface area contributed by atoms with Gasteiger partial charge in [0.05, 0.1) is 24.4 Å². The molecule has 1 rings (SSSR count). The summed E-state index contributed by atoms with van der Waals surface area (Å²) >= 11 is 0. The summed E-state index contributed by atoms with van der Waals surface area (Å²) in [5.41, 5.74) is 0. The second-order valence-electron chi connectivity index (χ2n) is 11.8. The summed E-state index contributed by atoms with van der Waals surface area (Å²) in [7, 11) is 0. The molecule has 0 aromatic carbocycles. The van der Waals surface area contributed by atoms with Crippen molar-refractivity contribution in [3.05, 3.63) is 12.2 Å². The predicted octanol–water partition coefficient (Wildman–Crippen LogP) is 5.67. The Morgan fingerprint density at radius 2 is 1.27 bits per heavy atom. The Bertz CT molecular complexity index is 682. The standard InChI is InChI=1S/C32H58O8/c1-3-4-5-6-7-8-9-10-11-12-13-14-15-17-30(39-25(2)33)23-28(36)21-26(34)20-27(35)22-29(37)24-31-18-16-19-32(38)40-31/h16,19,26-31,34-37H,3-15,17-18,20-24H2,1-2H3/t26-,27+,28-,29+,30-,31+/m0/s1. The van der Waals surface area contributed by atoms with Crippen LogP contribution in [0.25, 0.3) is 0 Å². The second kappa shape index (κ2) is 23.1. The number of hydrogen-bond acceptors (Lipinski definition) is 8. The van der Waals surface area contributed by atoms with Crippen LogP contribution in [-0.4, -0.2) is 69.0 Å². The molecule has 1 aliphatic heterocycles. The maximum absolute atomic E-state index is 11.6. The number of ether oxygens (including phenoxy) is 2. The normalized spacial score (nSPS) is 19.1. The fourth-order valence-electron chi connectivity index (χ4n) is 5.50. The number of aliphatic hydroxyl groups is 4. The summed E-state index contributed by atoms with van der Waals surface area (Å²) in [6.07, 6.45) is 16.8. The van der Waals surface area contributed by atoms with Crippen LogP contribution in [0.3, 0.4) is 0 Å². The third-order valence-corrected chi connectivity index (χ3v) is 7.60. The maximum Gasteiger partial charge on any atom is 0.330 e. The van der Waals surface area contributed by atoms with Crippen molar-refractivity contribution in [3.63, 3.8) is 0 Å². The maximum atomic E-state index is 11.6. The van der Waals surface area contributed by atoms with Crippen LogP contribution in [0.4, 0.5) is 0 Å². The van der Waals surface area contributed by atoms with E-state index in [0.717, 1.165) is 19.3 Å². The number of rotatable bonds is 25. The monoisotopic (exact) mass is 570 g/mol. The fraction of sp³-hybridized carbons (Fsp3) is 0.875. The highest BCUT2D eigenvalue weighted by atomic mass is 16.5. The van der Waals surface area contributed by atoms with Crippen molar-refractivity contribution in [3.8, 4) is 0 Å². The lowest BCUT2D eigenvalue weighted by Crippen LogP contribution is -2.30. The molecule has 0 spiro atoms. The Kier molecular flexibility index (Phi) is 21.1. The molecule has 0 fully saturated rings. The molecule has 0 aliphatic carbocycles. The Morgan fingerprint density at radius 3 is 1.77 bits per heavy atom. The minimum atomic E-state index is -0.957. The lowest BCUT2D eigenvalue weighted by molar-refractivity contribution is -0.148. The molecule has 0 aromatic rings. The van der Waals surface area contributed by atoms with E-state index in [1.54, 1.807) is 6.08 Å². The van der Waals surface area contributed by atoms with Crippen LogP contribution >= 0.6 is 0 Å². The van der Waals surface area contributed by atoms with Gasteiger partial charge in [0.2, 0.25) is 0 Å². The molecule has 1 heterocycles. The predicted molar refractivity (Wildman–Crippen MR) is 157 cm³/mol. The van der Waals surface area contributed by atoms with Gasteiger partial charge in [-0.15, -0.1) is 0 Å². The summed E-state index contributed by atoms with van der Waals surface area (Å²) in [4.78, 5) is 22.9. The zero-order valence-corrected chi connectivity index (χ0v) is 25.2. The van der Waals surface area contributed by atoms with E-state index in [-0.39, 0.29) is 38.1 Å². The topological polar surface area (TPSA) is 134 Å². The zero-order chi connectivity index (χ0) is 29.6. The van der Waals surface area contributed by atoms with Crippen LogP contribution in [0.1, 0.15) is 142 Å². The van der Waals surface area contributed by atoms with Crippen molar-refractivity contribution in [2.24, 2.45) is 0 Å². The Labute approximate surface area is 242 Å². The van der Waals surface area contributed by atoms with Gasteiger partial charge in [0, 0.05) is 32.3 Å². The molecule has 0 radical (unpaired) electrons. The van der Waals surface area contributed by atoms with E-state index in [4.69, 9.17) is 9.47 Å². The molecular formula is C32H58O8. The van der Waals surface area contributed by atoms with Gasteiger partial charge in [0.1, 0.15) is 12.2 Å². The highest BCUT2D eigenvalue weighted by molar-refractivity contribution is 5.82. The van der Waals surface area contributed by atoms with E-state index >= 15 is 0 Å². The summed E-state index contributed by atoms with van der Waals surface area (Å²) in [6.45, 7) is 3.61. The molecular weight excluding hydrogens is 512 g/mol. The molecule has 0 unspecified atom stereocenters. The van der Waals surface area contributed by atoms with Crippen molar-refractivity contribution >= 4 is 11.9 Å². The van der Waals surface area contributed by atoms with Gasteiger partial charge in [-0.25, -0.2) is 4.79 Å². The fourth-order valence-corrected chi connectivity index (χ4v) is 5.50. The van der Waals surface area contributed by atoms with Crippen molar-refractivity contribution in [2.45, 2.75) is 179 Å². The average molecular weight is 571 g/mol. The molecule has 0 bridgehead atoms. The lowest BCUT2D eigenvalue weighted by Gasteiger charge is -2.25. The minimum Gasteiger partial charge on any atom is -0.462 e. The number of unbranched alkanes of at least 4 members (excludes halogenated alkanes) is 12. The quantitative estimate of drug-likeness (QED) is 0.0816. The molecule has 6 atom stereocenters. The molecule has 40 heavy (non-hydrogen) atoms. The van der Waals surface area contributed by atoms with E-state index in [0.29, 0.717) is 12.8 Å². The van der Waals surface area contributed by atoms with Crippen LogP contribution in [0, 0.1) is 0 Å². The number of carbonyl (C=O) groups is 2. The third-order valence-electron chi connectivity index (χ3n) is 7.60. The van der Waals surface area contributed by atoms with E-state index in [1.165, 1.54) is 77.2 Å². The summed E-state index contributed by atoms with van der Waals surface area (Å²) in [6, 6.07) is 0. The van der Waals surface area contributed by atoms with E-state index in [2.05, 4.69) is 6.92 Å². The van der Waals surface area contributed by atoms with Gasteiger partial charge in [-0.1, -0.05) is 90.0 Å². The van der Waals surface area contributed by atoms with Gasteiger partial charge in [-0.2, -0.15) is 0 Å². The largest absolute Gasteiger partial charge is 0.462 e. The summed E-state index contributed by atoms with van der Waals surface area (Å²) in [5.74, 6) is -0.814. The van der Waals surface area contributed by atoms with Crippen LogP contribution in [-0.2, 0) is 19.1 Å². The van der Waals surface area contributed by atoms with Gasteiger partial charge < -0.3 is 29.9 Å². The van der Waals surface area contributed by atoms with E-state index in [1.807, 2.05) is 0 Å². The van der Waals surface area contributed by atoms with E-state index in [9.17, 15) is 30.0 Å². The van der Waals surface area contributed by atoms with Crippen LogP contribution < -0.4 is 0 Å². The molecule has 234 valence electrons. The van der Waals surface area contributed by atoms with Gasteiger partial charge in [-0.05, 0) is 32.1 Å². The molecule has 0 amide bonds. The second-order valence-corrected chi connectivity index (χ2v) is 11.8. The average Bonchev–Trinajstić information content (AvgIpc) is 2.86. The van der Waals surface area contributed by atoms with Crippen molar-refractivity contribution in [1.29, 1.82) is 0 Å². The Morgan fingerprint density at radius 1 is 0.800 bits per heavy atom. The highest BCUT2D eigenvalue weighted by Gasteiger charge is 2.25. The molecule has 8 heteroatoms. The summed E-state index contributed by atoms with van der Waals surface area (Å²) < 4.78 is 10.5. The first kappa shape index (κ1) is 36.5. The molecule has 0 aromatic heterocycles. The van der Waals surface area contributed by atoms with Crippen LogP contribution in [0.5, 0.6) is 0 Å². The molecule has 0 saturated carbocycles. The van der Waals surface area contributed by atoms with Gasteiger partial charge in [-0.3, -0.25) is 4.79 Å². The Balaban J connectivity index is 2.18. The molecule has 8 nitrogen and oxygen atoms in total. The van der Waals surface area contributed by atoms with Crippen LogP contribution in [0.15, 0.2) is 12.2 Å². The summed E-state index contributed by atoms with van der Waals surface area (Å²) in [5, 5.41) is 41.4. The van der Waals surface area contributed by atoms with Crippen molar-refractivity contribution in [1.82, 2.24) is 0 Å². The van der Waals surface area contributed by atoms with Crippen molar-refractivity contribution in [2.75, 3.05) is 0 Å². The van der Waals surface area contributed by atoms with E-state index < -0.39 is 42.6 Å². The smallest absolute Gasteiger partial charge is 0.330 e. The SMILES string of the molecule is CCCCCCCCCCCCCCC[C@@H](C[C@@H](O)C[C@@H](O)C[C@@H](O)C[C@@H](O)C[C@H]1CC=CC(=O)O1)OC(C)=O. The first-order chi connectivity index (χ1) is 19.2. The lowest BCUT2D eigenvalue weighted by atomic mass is 9.95.